The van der Waals surface area contributed by atoms with Crippen molar-refractivity contribution in [3.63, 3.8) is 0 Å². The van der Waals surface area contributed by atoms with Crippen LogP contribution in [0.3, 0.4) is 0 Å². The molecule has 94 valence electrons. The molecule has 0 spiro atoms. The normalized spacial score (nSPS) is 18.2. The van der Waals surface area contributed by atoms with Crippen molar-refractivity contribution in [2.24, 2.45) is 0 Å². The highest BCUT2D eigenvalue weighted by molar-refractivity contribution is 5.76. The summed E-state index contributed by atoms with van der Waals surface area (Å²) >= 11 is 0. The summed E-state index contributed by atoms with van der Waals surface area (Å²) in [6, 6.07) is 0.258. The van der Waals surface area contributed by atoms with E-state index in [1.54, 1.807) is 0 Å². The minimum atomic E-state index is -4.61. The van der Waals surface area contributed by atoms with E-state index < -0.39 is 18.8 Å². The molecule has 16 heavy (non-hydrogen) atoms. The first-order valence-electron chi connectivity index (χ1n) is 5.14. The lowest BCUT2D eigenvalue weighted by molar-refractivity contribution is -0.201. The van der Waals surface area contributed by atoms with Gasteiger partial charge in [-0.1, -0.05) is 0 Å². The lowest BCUT2D eigenvalue weighted by atomic mass is 10.3. The van der Waals surface area contributed by atoms with Crippen molar-refractivity contribution in [1.82, 2.24) is 10.6 Å². The Kier molecular flexibility index (Phi) is 4.55. The van der Waals surface area contributed by atoms with E-state index in [1.807, 2.05) is 0 Å². The molecule has 1 aliphatic rings. The summed E-state index contributed by atoms with van der Waals surface area (Å²) in [5.74, 6) is -0.170. The molecule has 1 rings (SSSR count). The topological polar surface area (TPSA) is 61.4 Å². The van der Waals surface area contributed by atoms with Crippen molar-refractivity contribution in [2.45, 2.75) is 37.6 Å². The molecule has 1 atom stereocenters. The molecule has 0 aromatic heterocycles. The molecule has 1 unspecified atom stereocenters. The van der Waals surface area contributed by atoms with Gasteiger partial charge in [0.2, 0.25) is 5.91 Å². The van der Waals surface area contributed by atoms with Crippen LogP contribution in [-0.4, -0.2) is 42.4 Å². The average Bonchev–Trinajstić information content (AvgIpc) is 2.94. The Bertz CT molecular complexity index is 241. The minimum Gasteiger partial charge on any atom is -0.382 e. The van der Waals surface area contributed by atoms with E-state index in [0.29, 0.717) is 0 Å². The van der Waals surface area contributed by atoms with Crippen LogP contribution < -0.4 is 10.6 Å². The number of rotatable bonds is 6. The van der Waals surface area contributed by atoms with Gasteiger partial charge < -0.3 is 15.7 Å². The Morgan fingerprint density at radius 1 is 1.44 bits per heavy atom. The maximum Gasteiger partial charge on any atom is 0.415 e. The lowest BCUT2D eigenvalue weighted by Crippen LogP contribution is -2.39. The molecule has 4 nitrogen and oxygen atoms in total. The van der Waals surface area contributed by atoms with Crippen molar-refractivity contribution in [2.75, 3.05) is 13.1 Å². The van der Waals surface area contributed by atoms with Crippen LogP contribution in [0.4, 0.5) is 13.2 Å². The highest BCUT2D eigenvalue weighted by Gasteiger charge is 2.37. The number of carbonyl (C=O) groups excluding carboxylic acids is 1. The maximum atomic E-state index is 11.8. The first-order chi connectivity index (χ1) is 7.39. The number of aliphatic hydroxyl groups is 1. The first kappa shape index (κ1) is 13.2. The van der Waals surface area contributed by atoms with Gasteiger partial charge in [-0.25, -0.2) is 0 Å². The maximum absolute atomic E-state index is 11.8. The van der Waals surface area contributed by atoms with Crippen molar-refractivity contribution >= 4 is 5.91 Å². The summed E-state index contributed by atoms with van der Waals surface area (Å²) in [7, 11) is 0. The number of hydrogen-bond donors (Lipinski definition) is 3. The molecule has 0 heterocycles. The second-order valence-electron chi connectivity index (χ2n) is 3.85. The van der Waals surface area contributed by atoms with E-state index in [2.05, 4.69) is 10.6 Å². The van der Waals surface area contributed by atoms with Crippen LogP contribution in [0.2, 0.25) is 0 Å². The van der Waals surface area contributed by atoms with Crippen LogP contribution >= 0.6 is 0 Å². The van der Waals surface area contributed by atoms with Gasteiger partial charge in [-0.2, -0.15) is 13.2 Å². The molecule has 1 fully saturated rings. The Labute approximate surface area is 91.2 Å². The SMILES string of the molecule is O=C(CCNCC(O)C(F)(F)F)NC1CC1. The quantitative estimate of drug-likeness (QED) is 0.580. The van der Waals surface area contributed by atoms with E-state index in [4.69, 9.17) is 5.11 Å². The summed E-state index contributed by atoms with van der Waals surface area (Å²) in [5.41, 5.74) is 0. The molecule has 1 amide bonds. The average molecular weight is 240 g/mol. The highest BCUT2D eigenvalue weighted by atomic mass is 19.4. The summed E-state index contributed by atoms with van der Waals surface area (Å²) in [5, 5.41) is 13.7. The molecule has 0 saturated heterocycles. The number of amides is 1. The molecule has 3 N–H and O–H groups in total. The van der Waals surface area contributed by atoms with Gasteiger partial charge in [-0.05, 0) is 12.8 Å². The number of carbonyl (C=O) groups is 1. The van der Waals surface area contributed by atoms with Gasteiger partial charge in [0.15, 0.2) is 6.10 Å². The molecular weight excluding hydrogens is 225 g/mol. The van der Waals surface area contributed by atoms with Crippen molar-refractivity contribution in [1.29, 1.82) is 0 Å². The predicted octanol–water partition coefficient (Wildman–Crippen LogP) is 0.168. The van der Waals surface area contributed by atoms with Crippen LogP contribution in [0.15, 0.2) is 0 Å². The fourth-order valence-corrected chi connectivity index (χ4v) is 1.08. The summed E-state index contributed by atoms with van der Waals surface area (Å²) in [4.78, 5) is 11.1. The largest absolute Gasteiger partial charge is 0.415 e. The summed E-state index contributed by atoms with van der Waals surface area (Å²) in [6.07, 6.45) is -4.90. The van der Waals surface area contributed by atoms with Crippen LogP contribution in [0.25, 0.3) is 0 Å². The second kappa shape index (κ2) is 5.49. The minimum absolute atomic E-state index is 0.126. The van der Waals surface area contributed by atoms with E-state index in [1.165, 1.54) is 0 Å². The fourth-order valence-electron chi connectivity index (χ4n) is 1.08. The zero-order valence-corrected chi connectivity index (χ0v) is 8.68. The zero-order chi connectivity index (χ0) is 12.2. The number of aliphatic hydroxyl groups excluding tert-OH is 1. The Balaban J connectivity index is 2.00. The molecule has 0 aromatic rings. The van der Waals surface area contributed by atoms with Gasteiger partial charge in [0.1, 0.15) is 0 Å². The van der Waals surface area contributed by atoms with E-state index >= 15 is 0 Å². The molecule has 0 aromatic carbocycles. The number of halogens is 3. The number of nitrogens with one attached hydrogen (secondary N) is 2. The molecular formula is C9H15F3N2O2. The van der Waals surface area contributed by atoms with Gasteiger partial charge in [0.25, 0.3) is 0 Å². The van der Waals surface area contributed by atoms with Gasteiger partial charge in [0, 0.05) is 25.6 Å². The monoisotopic (exact) mass is 240 g/mol. The second-order valence-corrected chi connectivity index (χ2v) is 3.85. The van der Waals surface area contributed by atoms with Crippen LogP contribution in [0.5, 0.6) is 0 Å². The molecule has 7 heteroatoms. The Hall–Kier alpha value is -0.820. The highest BCUT2D eigenvalue weighted by Crippen LogP contribution is 2.19. The van der Waals surface area contributed by atoms with Crippen LogP contribution in [0, 0.1) is 0 Å². The summed E-state index contributed by atoms with van der Waals surface area (Å²) < 4.78 is 35.5. The lowest BCUT2D eigenvalue weighted by Gasteiger charge is -2.14. The van der Waals surface area contributed by atoms with Crippen LogP contribution in [0.1, 0.15) is 19.3 Å². The number of alkyl halides is 3. The zero-order valence-electron chi connectivity index (χ0n) is 8.68. The third-order valence-corrected chi connectivity index (χ3v) is 2.19. The first-order valence-corrected chi connectivity index (χ1v) is 5.14. The third-order valence-electron chi connectivity index (χ3n) is 2.19. The smallest absolute Gasteiger partial charge is 0.382 e. The summed E-state index contributed by atoms with van der Waals surface area (Å²) in [6.45, 7) is -0.452. The van der Waals surface area contributed by atoms with Crippen LogP contribution in [-0.2, 0) is 4.79 Å². The molecule has 0 aliphatic heterocycles. The Morgan fingerprint density at radius 2 is 2.06 bits per heavy atom. The Morgan fingerprint density at radius 3 is 2.56 bits per heavy atom. The van der Waals surface area contributed by atoms with Gasteiger partial charge >= 0.3 is 6.18 Å². The van der Waals surface area contributed by atoms with Crippen molar-refractivity contribution in [3.8, 4) is 0 Å². The molecule has 0 bridgehead atoms. The van der Waals surface area contributed by atoms with E-state index in [9.17, 15) is 18.0 Å². The molecule has 0 radical (unpaired) electrons. The fraction of sp³-hybridized carbons (Fsp3) is 0.889. The number of hydrogen-bond acceptors (Lipinski definition) is 3. The van der Waals surface area contributed by atoms with E-state index in [0.717, 1.165) is 12.8 Å². The molecule has 1 saturated carbocycles. The van der Waals surface area contributed by atoms with Crippen molar-refractivity contribution < 1.29 is 23.1 Å². The molecule has 1 aliphatic carbocycles. The van der Waals surface area contributed by atoms with Gasteiger partial charge in [0.05, 0.1) is 0 Å². The van der Waals surface area contributed by atoms with E-state index in [-0.39, 0.29) is 24.9 Å². The standard InChI is InChI=1S/C9H15F3N2O2/c10-9(11,12)7(15)5-13-4-3-8(16)14-6-1-2-6/h6-7,13,15H,1-5H2,(H,14,16). The van der Waals surface area contributed by atoms with Gasteiger partial charge in [-0.15, -0.1) is 0 Å². The predicted molar refractivity (Wildman–Crippen MR) is 50.7 cm³/mol. The van der Waals surface area contributed by atoms with Gasteiger partial charge in [-0.3, -0.25) is 4.79 Å². The third kappa shape index (κ3) is 5.32. The van der Waals surface area contributed by atoms with Crippen molar-refractivity contribution in [3.05, 3.63) is 0 Å².